The van der Waals surface area contributed by atoms with Crippen LogP contribution in [-0.2, 0) is 16.5 Å². The third-order valence-electron chi connectivity index (χ3n) is 4.24. The summed E-state index contributed by atoms with van der Waals surface area (Å²) in [5.41, 5.74) is 2.55. The van der Waals surface area contributed by atoms with Crippen LogP contribution in [0.3, 0.4) is 0 Å². The summed E-state index contributed by atoms with van der Waals surface area (Å²) in [7, 11) is -4.03. The van der Waals surface area contributed by atoms with E-state index in [2.05, 4.69) is 20.4 Å². The molecule has 0 aliphatic heterocycles. The minimum atomic E-state index is -4.03. The molecule has 0 atom stereocenters. The number of hydrogen-bond donors (Lipinski definition) is 3. The first-order valence-electron chi connectivity index (χ1n) is 8.70. The number of nitrogens with one attached hydrogen (secondary N) is 1. The molecule has 2 heterocycles. The quantitative estimate of drug-likeness (QED) is 0.413. The highest BCUT2D eigenvalue weighted by molar-refractivity contribution is 7.85. The maximum Gasteiger partial charge on any atom is 0.265 e. The van der Waals surface area contributed by atoms with Gasteiger partial charge in [-0.05, 0) is 24.1 Å². The van der Waals surface area contributed by atoms with Gasteiger partial charge in [-0.3, -0.25) is 4.55 Å². The first-order chi connectivity index (χ1) is 13.9. The number of aryl methyl sites for hydroxylation is 1. The molecular formula is C19H17N5O4S. The van der Waals surface area contributed by atoms with E-state index in [0.717, 1.165) is 11.1 Å². The Hall–Kier alpha value is -3.50. The van der Waals surface area contributed by atoms with Gasteiger partial charge in [0.15, 0.2) is 5.82 Å². The zero-order valence-corrected chi connectivity index (χ0v) is 15.9. The molecule has 0 aliphatic rings. The van der Waals surface area contributed by atoms with E-state index in [-0.39, 0.29) is 24.0 Å². The molecule has 2 aromatic carbocycles. The van der Waals surface area contributed by atoms with Crippen LogP contribution in [0.2, 0.25) is 0 Å². The van der Waals surface area contributed by atoms with E-state index in [1.807, 2.05) is 30.3 Å². The zero-order valence-electron chi connectivity index (χ0n) is 15.1. The Balaban J connectivity index is 1.64. The number of fused-ring (bicyclic) bond motifs is 1. The van der Waals surface area contributed by atoms with Crippen LogP contribution in [0.1, 0.15) is 5.56 Å². The fourth-order valence-corrected chi connectivity index (χ4v) is 3.38. The number of hydrogen-bond acceptors (Lipinski definition) is 7. The van der Waals surface area contributed by atoms with Crippen molar-refractivity contribution >= 4 is 27.3 Å². The van der Waals surface area contributed by atoms with Crippen LogP contribution in [-0.4, -0.2) is 43.4 Å². The summed E-state index contributed by atoms with van der Waals surface area (Å²) in [5.74, 6) is 0.236. The van der Waals surface area contributed by atoms with Gasteiger partial charge in [0.05, 0.1) is 11.9 Å². The van der Waals surface area contributed by atoms with Crippen LogP contribution in [0.25, 0.3) is 16.9 Å². The van der Waals surface area contributed by atoms with Gasteiger partial charge < -0.3 is 10.4 Å². The average Bonchev–Trinajstić information content (AvgIpc) is 3.03. The van der Waals surface area contributed by atoms with Crippen LogP contribution >= 0.6 is 0 Å². The van der Waals surface area contributed by atoms with Gasteiger partial charge in [-0.1, -0.05) is 42.5 Å². The number of benzene rings is 2. The van der Waals surface area contributed by atoms with E-state index < -0.39 is 10.1 Å². The summed E-state index contributed by atoms with van der Waals surface area (Å²) in [6, 6.07) is 16.4. The molecule has 9 nitrogen and oxygen atoms in total. The summed E-state index contributed by atoms with van der Waals surface area (Å²) in [6.45, 7) is 0. The van der Waals surface area contributed by atoms with Crippen LogP contribution in [0.5, 0.6) is 5.88 Å². The Kier molecular flexibility index (Phi) is 4.87. The number of aromatic nitrogens is 4. The van der Waals surface area contributed by atoms with E-state index in [1.165, 1.54) is 10.7 Å². The van der Waals surface area contributed by atoms with Crippen molar-refractivity contribution in [2.24, 2.45) is 0 Å². The first-order valence-corrected chi connectivity index (χ1v) is 10.3. The Labute approximate surface area is 166 Å². The fourth-order valence-electron chi connectivity index (χ4n) is 2.88. The summed E-state index contributed by atoms with van der Waals surface area (Å²) in [4.78, 5) is 8.38. The molecule has 3 N–H and O–H groups in total. The van der Waals surface area contributed by atoms with Crippen molar-refractivity contribution in [3.8, 4) is 17.3 Å². The SMILES string of the molecule is O=S(=O)(O)CCc1cccc(Nc2ncc3c(O)nc(-c4ccccc4)n3n2)c1. The Bertz CT molecular complexity index is 1270. The molecule has 0 amide bonds. The van der Waals surface area contributed by atoms with E-state index in [9.17, 15) is 13.5 Å². The first kappa shape index (κ1) is 18.8. The molecule has 0 unspecified atom stereocenters. The molecule has 148 valence electrons. The van der Waals surface area contributed by atoms with Crippen molar-refractivity contribution in [1.82, 2.24) is 19.6 Å². The standard InChI is InChI=1S/C19H17N5O4S/c25-18-16-12-20-19(23-24(16)17(22-18)14-6-2-1-3-7-14)21-15-8-4-5-13(11-15)9-10-29(26,27)28/h1-8,11-12,25H,9-10H2,(H,21,23)(H,26,27,28). The average molecular weight is 411 g/mol. The van der Waals surface area contributed by atoms with Gasteiger partial charge in [-0.25, -0.2) is 9.50 Å². The molecule has 2 aromatic heterocycles. The minimum Gasteiger partial charge on any atom is -0.492 e. The predicted octanol–water partition coefficient (Wildman–Crippen LogP) is 2.67. The molecule has 0 radical (unpaired) electrons. The van der Waals surface area contributed by atoms with E-state index in [1.54, 1.807) is 24.3 Å². The van der Waals surface area contributed by atoms with Crippen LogP contribution in [0.4, 0.5) is 11.6 Å². The Morgan fingerprint density at radius 2 is 1.86 bits per heavy atom. The number of aromatic hydroxyl groups is 1. The third kappa shape index (κ3) is 4.33. The summed E-state index contributed by atoms with van der Waals surface area (Å²) in [5, 5.41) is 17.6. The molecule has 29 heavy (non-hydrogen) atoms. The fraction of sp³-hybridized carbons (Fsp3) is 0.105. The lowest BCUT2D eigenvalue weighted by molar-refractivity contribution is 0.462. The van der Waals surface area contributed by atoms with Crippen LogP contribution < -0.4 is 5.32 Å². The van der Waals surface area contributed by atoms with Crippen LogP contribution in [0, 0.1) is 0 Å². The smallest absolute Gasteiger partial charge is 0.265 e. The Morgan fingerprint density at radius 1 is 1.07 bits per heavy atom. The number of anilines is 2. The van der Waals surface area contributed by atoms with Crippen molar-refractivity contribution in [3.63, 3.8) is 0 Å². The normalized spacial score (nSPS) is 11.6. The lowest BCUT2D eigenvalue weighted by atomic mass is 10.1. The molecule has 0 saturated heterocycles. The highest BCUT2D eigenvalue weighted by atomic mass is 32.2. The lowest BCUT2D eigenvalue weighted by Crippen LogP contribution is -2.07. The van der Waals surface area contributed by atoms with Crippen molar-refractivity contribution in [1.29, 1.82) is 0 Å². The second-order valence-corrected chi connectivity index (χ2v) is 7.94. The van der Waals surface area contributed by atoms with Crippen molar-refractivity contribution in [3.05, 3.63) is 66.4 Å². The minimum absolute atomic E-state index is 0.164. The summed E-state index contributed by atoms with van der Waals surface area (Å²) in [6.07, 6.45) is 1.65. The van der Waals surface area contributed by atoms with Crippen molar-refractivity contribution < 1.29 is 18.1 Å². The largest absolute Gasteiger partial charge is 0.492 e. The number of imidazole rings is 1. The van der Waals surface area contributed by atoms with E-state index in [0.29, 0.717) is 17.0 Å². The number of rotatable bonds is 6. The molecule has 0 spiro atoms. The molecule has 0 bridgehead atoms. The van der Waals surface area contributed by atoms with E-state index >= 15 is 0 Å². The van der Waals surface area contributed by atoms with Gasteiger partial charge in [0.1, 0.15) is 5.52 Å². The van der Waals surface area contributed by atoms with Gasteiger partial charge in [0, 0.05) is 11.3 Å². The molecule has 0 aliphatic carbocycles. The molecule has 0 saturated carbocycles. The Morgan fingerprint density at radius 3 is 2.62 bits per heavy atom. The van der Waals surface area contributed by atoms with Gasteiger partial charge in [0.2, 0.25) is 11.8 Å². The third-order valence-corrected chi connectivity index (χ3v) is 4.96. The lowest BCUT2D eigenvalue weighted by Gasteiger charge is -2.08. The maximum absolute atomic E-state index is 10.9. The maximum atomic E-state index is 10.9. The molecule has 4 rings (SSSR count). The number of nitrogens with zero attached hydrogens (tertiary/aromatic N) is 4. The molecular weight excluding hydrogens is 394 g/mol. The molecule has 10 heteroatoms. The van der Waals surface area contributed by atoms with Gasteiger partial charge >= 0.3 is 0 Å². The molecule has 4 aromatic rings. The highest BCUT2D eigenvalue weighted by Crippen LogP contribution is 2.26. The monoisotopic (exact) mass is 411 g/mol. The van der Waals surface area contributed by atoms with Gasteiger partial charge in [-0.15, -0.1) is 5.10 Å². The summed E-state index contributed by atoms with van der Waals surface area (Å²) >= 11 is 0. The topological polar surface area (TPSA) is 130 Å². The zero-order chi connectivity index (χ0) is 20.4. The van der Waals surface area contributed by atoms with Gasteiger partial charge in [0.25, 0.3) is 10.1 Å². The van der Waals surface area contributed by atoms with Crippen molar-refractivity contribution in [2.45, 2.75) is 6.42 Å². The second kappa shape index (κ2) is 7.49. The summed E-state index contributed by atoms with van der Waals surface area (Å²) < 4.78 is 32.3. The highest BCUT2D eigenvalue weighted by Gasteiger charge is 2.14. The van der Waals surface area contributed by atoms with Crippen molar-refractivity contribution in [2.75, 3.05) is 11.1 Å². The van der Waals surface area contributed by atoms with Gasteiger partial charge in [-0.2, -0.15) is 13.4 Å². The molecule has 0 fully saturated rings. The second-order valence-electron chi connectivity index (χ2n) is 6.37. The van der Waals surface area contributed by atoms with E-state index in [4.69, 9.17) is 4.55 Å². The predicted molar refractivity (Wildman–Crippen MR) is 108 cm³/mol. The van der Waals surface area contributed by atoms with Crippen LogP contribution in [0.15, 0.2) is 60.8 Å².